The largest absolute Gasteiger partial charge is 0.494 e. The Kier molecular flexibility index (Phi) is 3.39. The number of rotatable bonds is 3. The van der Waals surface area contributed by atoms with Crippen molar-refractivity contribution >= 4 is 5.69 Å². The summed E-state index contributed by atoms with van der Waals surface area (Å²) in [6.07, 6.45) is -4.32. The molecule has 0 unspecified atom stereocenters. The molecule has 0 saturated carbocycles. The molecule has 0 spiro atoms. The van der Waals surface area contributed by atoms with Crippen LogP contribution >= 0.6 is 0 Å². The van der Waals surface area contributed by atoms with Crippen LogP contribution in [0.4, 0.5) is 23.2 Å². The molecule has 0 fully saturated rings. The Balaban J connectivity index is 2.68. The van der Waals surface area contributed by atoms with Gasteiger partial charge in [-0.1, -0.05) is 0 Å². The van der Waals surface area contributed by atoms with Crippen LogP contribution in [0, 0.1) is 5.82 Å². The first-order valence-corrected chi connectivity index (χ1v) is 4.06. The lowest BCUT2D eigenvalue weighted by atomic mass is 10.3. The number of alkyl halides is 3. The standard InChI is InChI=1S/C9H9F4NO/c1-15-8-3-2-6(4-7(8)10)14-5-9(11,12)13/h2-4,14H,5H2,1H3. The summed E-state index contributed by atoms with van der Waals surface area (Å²) in [5.74, 6) is -0.711. The van der Waals surface area contributed by atoms with Crippen LogP contribution in [-0.2, 0) is 0 Å². The highest BCUT2D eigenvalue weighted by Crippen LogP contribution is 2.22. The van der Waals surface area contributed by atoms with Crippen molar-refractivity contribution in [2.45, 2.75) is 6.18 Å². The van der Waals surface area contributed by atoms with Crippen molar-refractivity contribution in [2.24, 2.45) is 0 Å². The number of nitrogens with one attached hydrogen (secondary N) is 1. The van der Waals surface area contributed by atoms with E-state index in [9.17, 15) is 17.6 Å². The second kappa shape index (κ2) is 4.37. The molecule has 1 N–H and O–H groups in total. The number of ether oxygens (including phenoxy) is 1. The first kappa shape index (κ1) is 11.6. The predicted octanol–water partition coefficient (Wildman–Crippen LogP) is 2.81. The topological polar surface area (TPSA) is 21.3 Å². The molecule has 0 heterocycles. The molecule has 2 nitrogen and oxygen atoms in total. The van der Waals surface area contributed by atoms with Crippen molar-refractivity contribution < 1.29 is 22.3 Å². The van der Waals surface area contributed by atoms with Gasteiger partial charge in [0.2, 0.25) is 0 Å². The van der Waals surface area contributed by atoms with E-state index >= 15 is 0 Å². The van der Waals surface area contributed by atoms with Crippen molar-refractivity contribution in [1.82, 2.24) is 0 Å². The average Bonchev–Trinajstić information content (AvgIpc) is 2.14. The fraction of sp³-hybridized carbons (Fsp3) is 0.333. The smallest absolute Gasteiger partial charge is 0.405 e. The molecule has 0 atom stereocenters. The summed E-state index contributed by atoms with van der Waals surface area (Å²) in [5, 5.41) is 2.06. The van der Waals surface area contributed by atoms with Crippen molar-refractivity contribution in [3.05, 3.63) is 24.0 Å². The molecule has 0 aliphatic carbocycles. The summed E-state index contributed by atoms with van der Waals surface area (Å²) in [4.78, 5) is 0. The highest BCUT2D eigenvalue weighted by Gasteiger charge is 2.26. The summed E-state index contributed by atoms with van der Waals surface area (Å²) >= 11 is 0. The highest BCUT2D eigenvalue weighted by molar-refractivity contribution is 5.47. The van der Waals surface area contributed by atoms with E-state index in [1.165, 1.54) is 19.2 Å². The molecular weight excluding hydrogens is 214 g/mol. The van der Waals surface area contributed by atoms with Gasteiger partial charge in [0.25, 0.3) is 0 Å². The van der Waals surface area contributed by atoms with Gasteiger partial charge in [-0.15, -0.1) is 0 Å². The van der Waals surface area contributed by atoms with Crippen molar-refractivity contribution in [3.63, 3.8) is 0 Å². The van der Waals surface area contributed by atoms with Gasteiger partial charge in [0.15, 0.2) is 11.6 Å². The minimum atomic E-state index is -4.32. The minimum absolute atomic E-state index is 0.00689. The molecule has 15 heavy (non-hydrogen) atoms. The minimum Gasteiger partial charge on any atom is -0.494 e. The molecule has 84 valence electrons. The number of benzene rings is 1. The van der Waals surface area contributed by atoms with E-state index in [-0.39, 0.29) is 11.4 Å². The highest BCUT2D eigenvalue weighted by atomic mass is 19.4. The third-order valence-electron chi connectivity index (χ3n) is 1.64. The SMILES string of the molecule is COc1ccc(NCC(F)(F)F)cc1F. The van der Waals surface area contributed by atoms with Crippen LogP contribution in [0.25, 0.3) is 0 Å². The van der Waals surface area contributed by atoms with Gasteiger partial charge in [-0.2, -0.15) is 13.2 Å². The Labute approximate surface area is 83.9 Å². The summed E-state index contributed by atoms with van der Waals surface area (Å²) in [5.41, 5.74) is 0.0608. The number of anilines is 1. The summed E-state index contributed by atoms with van der Waals surface area (Å²) < 4.78 is 53.1. The lowest BCUT2D eigenvalue weighted by molar-refractivity contribution is -0.115. The van der Waals surface area contributed by atoms with Crippen LogP contribution in [0.3, 0.4) is 0 Å². The maximum Gasteiger partial charge on any atom is 0.405 e. The molecule has 0 aliphatic rings. The van der Waals surface area contributed by atoms with Crippen LogP contribution in [0.5, 0.6) is 5.75 Å². The zero-order valence-electron chi connectivity index (χ0n) is 7.86. The van der Waals surface area contributed by atoms with E-state index in [1.54, 1.807) is 0 Å². The van der Waals surface area contributed by atoms with Crippen molar-refractivity contribution in [3.8, 4) is 5.75 Å². The van der Waals surface area contributed by atoms with E-state index < -0.39 is 18.5 Å². The third-order valence-corrected chi connectivity index (χ3v) is 1.64. The first-order valence-electron chi connectivity index (χ1n) is 4.06. The van der Waals surface area contributed by atoms with Crippen molar-refractivity contribution in [2.75, 3.05) is 19.0 Å². The monoisotopic (exact) mass is 223 g/mol. The van der Waals surface area contributed by atoms with E-state index in [1.807, 2.05) is 0 Å². The van der Waals surface area contributed by atoms with Gasteiger partial charge in [-0.25, -0.2) is 4.39 Å². The van der Waals surface area contributed by atoms with Gasteiger partial charge >= 0.3 is 6.18 Å². The van der Waals surface area contributed by atoms with Gasteiger partial charge in [0.05, 0.1) is 7.11 Å². The fourth-order valence-corrected chi connectivity index (χ4v) is 0.979. The Morgan fingerprint density at radius 2 is 2.00 bits per heavy atom. The van der Waals surface area contributed by atoms with E-state index in [0.29, 0.717) is 0 Å². The molecular formula is C9H9F4NO. The third kappa shape index (κ3) is 3.65. The van der Waals surface area contributed by atoms with Crippen LogP contribution in [0.2, 0.25) is 0 Å². The van der Waals surface area contributed by atoms with Gasteiger partial charge in [0, 0.05) is 11.8 Å². The molecule has 0 aliphatic heterocycles. The Hall–Kier alpha value is -1.46. The zero-order chi connectivity index (χ0) is 11.5. The lowest BCUT2D eigenvalue weighted by Gasteiger charge is -2.10. The van der Waals surface area contributed by atoms with Gasteiger partial charge in [0.1, 0.15) is 6.54 Å². The molecule has 0 bridgehead atoms. The molecule has 0 saturated heterocycles. The first-order chi connectivity index (χ1) is 6.92. The number of halogens is 4. The Morgan fingerprint density at radius 3 is 2.47 bits per heavy atom. The van der Waals surface area contributed by atoms with E-state index in [0.717, 1.165) is 6.07 Å². The van der Waals surface area contributed by atoms with E-state index in [4.69, 9.17) is 0 Å². The molecule has 0 aromatic heterocycles. The number of methoxy groups -OCH3 is 1. The molecule has 0 radical (unpaired) electrons. The maximum absolute atomic E-state index is 13.0. The van der Waals surface area contributed by atoms with Crippen LogP contribution < -0.4 is 10.1 Å². The van der Waals surface area contributed by atoms with Gasteiger partial charge in [-0.05, 0) is 12.1 Å². The Morgan fingerprint density at radius 1 is 1.33 bits per heavy atom. The van der Waals surface area contributed by atoms with Crippen molar-refractivity contribution in [1.29, 1.82) is 0 Å². The molecule has 1 rings (SSSR count). The quantitative estimate of drug-likeness (QED) is 0.795. The van der Waals surface area contributed by atoms with E-state index in [2.05, 4.69) is 10.1 Å². The summed E-state index contributed by atoms with van der Waals surface area (Å²) in [6, 6.07) is 3.52. The van der Waals surface area contributed by atoms with Gasteiger partial charge in [-0.3, -0.25) is 0 Å². The number of hydrogen-bond acceptors (Lipinski definition) is 2. The molecule has 6 heteroatoms. The maximum atomic E-state index is 13.0. The van der Waals surface area contributed by atoms with Crippen LogP contribution in [0.15, 0.2) is 18.2 Å². The fourth-order valence-electron chi connectivity index (χ4n) is 0.979. The molecule has 1 aromatic rings. The molecule has 1 aromatic carbocycles. The predicted molar refractivity (Wildman–Crippen MR) is 47.5 cm³/mol. The second-order valence-electron chi connectivity index (χ2n) is 2.82. The molecule has 0 amide bonds. The number of hydrogen-bond donors (Lipinski definition) is 1. The summed E-state index contributed by atoms with van der Waals surface area (Å²) in [6.45, 7) is -1.20. The van der Waals surface area contributed by atoms with Gasteiger partial charge < -0.3 is 10.1 Å². The Bertz CT molecular complexity index is 337. The second-order valence-corrected chi connectivity index (χ2v) is 2.82. The lowest BCUT2D eigenvalue weighted by Crippen LogP contribution is -2.21. The van der Waals surface area contributed by atoms with Crippen LogP contribution in [0.1, 0.15) is 0 Å². The normalized spacial score (nSPS) is 11.3. The average molecular weight is 223 g/mol. The summed E-state index contributed by atoms with van der Waals surface area (Å²) in [7, 11) is 1.28. The zero-order valence-corrected chi connectivity index (χ0v) is 7.86. The van der Waals surface area contributed by atoms with Crippen LogP contribution in [-0.4, -0.2) is 19.8 Å².